The fourth-order valence-electron chi connectivity index (χ4n) is 0.934. The molecule has 0 bridgehead atoms. The summed E-state index contributed by atoms with van der Waals surface area (Å²) in [6, 6.07) is 5.60. The molecule has 4 heteroatoms. The van der Waals surface area contributed by atoms with Crippen LogP contribution in [0.5, 0.6) is 0 Å². The molecular weight excluding hydrogens is 184 g/mol. The molecule has 1 aromatic rings. The SMILES string of the molecule is Nc1cccc(SCCCO)c1N. The molecule has 0 aliphatic carbocycles. The lowest BCUT2D eigenvalue weighted by Gasteiger charge is -2.06. The van der Waals surface area contributed by atoms with Crippen molar-refractivity contribution < 1.29 is 5.11 Å². The first-order valence-electron chi connectivity index (χ1n) is 4.13. The van der Waals surface area contributed by atoms with Crippen LogP contribution in [0.2, 0.25) is 0 Å². The van der Waals surface area contributed by atoms with Gasteiger partial charge in [-0.2, -0.15) is 0 Å². The van der Waals surface area contributed by atoms with E-state index >= 15 is 0 Å². The van der Waals surface area contributed by atoms with Gasteiger partial charge >= 0.3 is 0 Å². The largest absolute Gasteiger partial charge is 0.397 e. The van der Waals surface area contributed by atoms with Crippen molar-refractivity contribution in [3.8, 4) is 0 Å². The van der Waals surface area contributed by atoms with Crippen LogP contribution in [0.3, 0.4) is 0 Å². The molecule has 3 nitrogen and oxygen atoms in total. The molecule has 0 aliphatic heterocycles. The molecule has 5 N–H and O–H groups in total. The van der Waals surface area contributed by atoms with Gasteiger partial charge in [0.2, 0.25) is 0 Å². The Morgan fingerprint density at radius 3 is 2.77 bits per heavy atom. The molecule has 1 rings (SSSR count). The minimum Gasteiger partial charge on any atom is -0.397 e. The minimum atomic E-state index is 0.217. The third-order valence-electron chi connectivity index (χ3n) is 1.66. The topological polar surface area (TPSA) is 72.3 Å². The summed E-state index contributed by atoms with van der Waals surface area (Å²) in [5.41, 5.74) is 12.7. The van der Waals surface area contributed by atoms with Gasteiger partial charge in [-0.15, -0.1) is 11.8 Å². The maximum Gasteiger partial charge on any atom is 0.0685 e. The molecule has 0 spiro atoms. The fraction of sp³-hybridized carbons (Fsp3) is 0.333. The molecule has 0 amide bonds. The number of rotatable bonds is 4. The Labute approximate surface area is 82.1 Å². The van der Waals surface area contributed by atoms with Gasteiger partial charge in [0.15, 0.2) is 0 Å². The van der Waals surface area contributed by atoms with Crippen molar-refractivity contribution in [1.29, 1.82) is 0 Å². The smallest absolute Gasteiger partial charge is 0.0685 e. The van der Waals surface area contributed by atoms with Crippen molar-refractivity contribution in [2.75, 3.05) is 23.8 Å². The van der Waals surface area contributed by atoms with Crippen LogP contribution in [0.4, 0.5) is 11.4 Å². The molecule has 72 valence electrons. The predicted octanol–water partition coefficient (Wildman–Crippen LogP) is 1.33. The van der Waals surface area contributed by atoms with Gasteiger partial charge in [-0.25, -0.2) is 0 Å². The number of benzene rings is 1. The van der Waals surface area contributed by atoms with Gasteiger partial charge in [0.1, 0.15) is 0 Å². The monoisotopic (exact) mass is 198 g/mol. The first-order valence-corrected chi connectivity index (χ1v) is 5.12. The first kappa shape index (κ1) is 10.2. The van der Waals surface area contributed by atoms with Crippen molar-refractivity contribution in [3.63, 3.8) is 0 Å². The number of anilines is 2. The molecule has 0 saturated heterocycles. The van der Waals surface area contributed by atoms with E-state index in [0.717, 1.165) is 17.1 Å². The molecule has 0 heterocycles. The highest BCUT2D eigenvalue weighted by molar-refractivity contribution is 7.99. The summed E-state index contributed by atoms with van der Waals surface area (Å²) >= 11 is 1.62. The van der Waals surface area contributed by atoms with Crippen LogP contribution in [0.15, 0.2) is 23.1 Å². The Hall–Kier alpha value is -0.870. The highest BCUT2D eigenvalue weighted by atomic mass is 32.2. The Kier molecular flexibility index (Phi) is 3.92. The van der Waals surface area contributed by atoms with Gasteiger partial charge in [-0.05, 0) is 18.6 Å². The molecule has 0 aliphatic rings. The average Bonchev–Trinajstić information content (AvgIpc) is 2.13. The predicted molar refractivity (Wildman–Crippen MR) is 57.7 cm³/mol. The van der Waals surface area contributed by atoms with Crippen LogP contribution < -0.4 is 11.5 Å². The number of thioether (sulfide) groups is 1. The summed E-state index contributed by atoms with van der Waals surface area (Å²) in [5, 5.41) is 8.60. The third-order valence-corrected chi connectivity index (χ3v) is 2.82. The van der Waals surface area contributed by atoms with E-state index in [4.69, 9.17) is 16.6 Å². The van der Waals surface area contributed by atoms with Crippen LogP contribution in [-0.2, 0) is 0 Å². The lowest BCUT2D eigenvalue weighted by atomic mass is 10.3. The van der Waals surface area contributed by atoms with E-state index in [9.17, 15) is 0 Å². The number of aliphatic hydroxyl groups is 1. The van der Waals surface area contributed by atoms with Crippen LogP contribution in [-0.4, -0.2) is 17.5 Å². The van der Waals surface area contributed by atoms with E-state index in [1.165, 1.54) is 0 Å². The second kappa shape index (κ2) is 4.99. The number of aliphatic hydroxyl groups excluding tert-OH is 1. The molecule has 0 radical (unpaired) electrons. The first-order chi connectivity index (χ1) is 6.25. The van der Waals surface area contributed by atoms with E-state index in [0.29, 0.717) is 11.4 Å². The zero-order valence-corrected chi connectivity index (χ0v) is 8.18. The second-order valence-electron chi connectivity index (χ2n) is 2.68. The molecule has 0 fully saturated rings. The number of hydrogen-bond acceptors (Lipinski definition) is 4. The average molecular weight is 198 g/mol. The Morgan fingerprint density at radius 2 is 2.08 bits per heavy atom. The quantitative estimate of drug-likeness (QED) is 0.387. The molecule has 0 unspecified atom stereocenters. The number of para-hydroxylation sites is 1. The summed E-state index contributed by atoms with van der Waals surface area (Å²) in [4.78, 5) is 0.994. The zero-order chi connectivity index (χ0) is 9.68. The Bertz CT molecular complexity index is 278. The van der Waals surface area contributed by atoms with Crippen LogP contribution >= 0.6 is 11.8 Å². The Morgan fingerprint density at radius 1 is 1.31 bits per heavy atom. The molecule has 0 atom stereocenters. The molecule has 0 aromatic heterocycles. The van der Waals surface area contributed by atoms with Gasteiger partial charge in [0, 0.05) is 17.3 Å². The molecule has 0 saturated carbocycles. The van der Waals surface area contributed by atoms with Crippen LogP contribution in [0, 0.1) is 0 Å². The van der Waals surface area contributed by atoms with Crippen molar-refractivity contribution in [1.82, 2.24) is 0 Å². The van der Waals surface area contributed by atoms with Crippen molar-refractivity contribution in [2.45, 2.75) is 11.3 Å². The van der Waals surface area contributed by atoms with Crippen LogP contribution in [0.1, 0.15) is 6.42 Å². The molecular formula is C9H14N2OS. The zero-order valence-electron chi connectivity index (χ0n) is 7.36. The summed E-state index contributed by atoms with van der Waals surface area (Å²) < 4.78 is 0. The lowest BCUT2D eigenvalue weighted by Crippen LogP contribution is -1.96. The molecule has 1 aromatic carbocycles. The van der Waals surface area contributed by atoms with Gasteiger partial charge in [0.05, 0.1) is 11.4 Å². The fourth-order valence-corrected chi connectivity index (χ4v) is 1.88. The third kappa shape index (κ3) is 2.82. The summed E-state index contributed by atoms with van der Waals surface area (Å²) in [6.45, 7) is 0.217. The number of nitrogen functional groups attached to an aromatic ring is 2. The van der Waals surface area contributed by atoms with Crippen molar-refractivity contribution in [3.05, 3.63) is 18.2 Å². The molecule has 13 heavy (non-hydrogen) atoms. The minimum absolute atomic E-state index is 0.217. The van der Waals surface area contributed by atoms with Crippen LogP contribution in [0.25, 0.3) is 0 Å². The second-order valence-corrected chi connectivity index (χ2v) is 3.82. The van der Waals surface area contributed by atoms with Crippen molar-refractivity contribution in [2.24, 2.45) is 0 Å². The van der Waals surface area contributed by atoms with E-state index in [1.54, 1.807) is 17.8 Å². The van der Waals surface area contributed by atoms with E-state index in [-0.39, 0.29) is 6.61 Å². The summed E-state index contributed by atoms with van der Waals surface area (Å²) in [7, 11) is 0. The van der Waals surface area contributed by atoms with Gasteiger partial charge in [-0.3, -0.25) is 0 Å². The summed E-state index contributed by atoms with van der Waals surface area (Å²) in [6.07, 6.45) is 0.777. The highest BCUT2D eigenvalue weighted by Crippen LogP contribution is 2.29. The van der Waals surface area contributed by atoms with E-state index in [2.05, 4.69) is 0 Å². The maximum atomic E-state index is 8.60. The van der Waals surface area contributed by atoms with Gasteiger partial charge in [0.25, 0.3) is 0 Å². The highest BCUT2D eigenvalue weighted by Gasteiger charge is 2.01. The van der Waals surface area contributed by atoms with E-state index < -0.39 is 0 Å². The normalized spacial score (nSPS) is 10.2. The van der Waals surface area contributed by atoms with E-state index in [1.807, 2.05) is 12.1 Å². The number of hydrogen-bond donors (Lipinski definition) is 3. The summed E-state index contributed by atoms with van der Waals surface area (Å²) in [5.74, 6) is 0.865. The standard InChI is InChI=1S/C9H14N2OS/c10-7-3-1-4-8(9(7)11)13-6-2-5-12/h1,3-4,12H,2,5-6,10-11H2. The number of nitrogens with two attached hydrogens (primary N) is 2. The maximum absolute atomic E-state index is 8.60. The Balaban J connectivity index is 2.61. The van der Waals surface area contributed by atoms with Gasteiger partial charge < -0.3 is 16.6 Å². The lowest BCUT2D eigenvalue weighted by molar-refractivity contribution is 0.296. The van der Waals surface area contributed by atoms with Gasteiger partial charge in [-0.1, -0.05) is 6.07 Å². The van der Waals surface area contributed by atoms with Crippen molar-refractivity contribution >= 4 is 23.1 Å².